The van der Waals surface area contributed by atoms with Crippen LogP contribution in [0.25, 0.3) is 0 Å². The lowest BCUT2D eigenvalue weighted by Gasteiger charge is -2.33. The van der Waals surface area contributed by atoms with E-state index in [1.165, 1.54) is 0 Å². The highest BCUT2D eigenvalue weighted by atomic mass is 79.9. The van der Waals surface area contributed by atoms with Crippen LogP contribution in [0.3, 0.4) is 0 Å². The maximum atomic E-state index is 12.6. The third-order valence-corrected chi connectivity index (χ3v) is 4.68. The Morgan fingerprint density at radius 2 is 1.85 bits per heavy atom. The third-order valence-electron chi connectivity index (χ3n) is 3.91. The Bertz CT molecular complexity index is 427. The van der Waals surface area contributed by atoms with Gasteiger partial charge in [-0.15, -0.1) is 12.4 Å². The van der Waals surface area contributed by atoms with Crippen molar-refractivity contribution in [2.75, 3.05) is 13.6 Å². The first kappa shape index (κ1) is 19.4. The van der Waals surface area contributed by atoms with Crippen molar-refractivity contribution in [3.8, 4) is 0 Å². The van der Waals surface area contributed by atoms with Crippen LogP contribution in [-0.4, -0.2) is 24.4 Å². The van der Waals surface area contributed by atoms with Crippen molar-refractivity contribution in [2.45, 2.75) is 33.2 Å². The van der Waals surface area contributed by atoms with Crippen molar-refractivity contribution in [3.05, 3.63) is 34.3 Å². The SMILES string of the molecule is CCC(CC)(CN)C(=O)N(C)Cc1ccccc1Br.Cl. The van der Waals surface area contributed by atoms with Gasteiger partial charge in [0.15, 0.2) is 0 Å². The predicted molar refractivity (Wildman–Crippen MR) is 89.9 cm³/mol. The second-order valence-electron chi connectivity index (χ2n) is 4.94. The molecule has 0 aliphatic rings. The average molecular weight is 364 g/mol. The first-order chi connectivity index (χ1) is 9.00. The number of halogens is 2. The number of benzene rings is 1. The van der Waals surface area contributed by atoms with Crippen molar-refractivity contribution in [1.82, 2.24) is 4.90 Å². The molecule has 0 atom stereocenters. The van der Waals surface area contributed by atoms with E-state index in [1.807, 2.05) is 45.2 Å². The predicted octanol–water partition coefficient (Wildman–Crippen LogP) is 3.59. The fourth-order valence-corrected chi connectivity index (χ4v) is 2.70. The molecule has 1 aromatic rings. The molecule has 114 valence electrons. The lowest BCUT2D eigenvalue weighted by molar-refractivity contribution is -0.141. The lowest BCUT2D eigenvalue weighted by atomic mass is 9.81. The Morgan fingerprint density at radius 3 is 2.30 bits per heavy atom. The summed E-state index contributed by atoms with van der Waals surface area (Å²) in [5.41, 5.74) is 6.52. The maximum Gasteiger partial charge on any atom is 0.230 e. The van der Waals surface area contributed by atoms with E-state index in [4.69, 9.17) is 5.73 Å². The minimum absolute atomic E-state index is 0. The third kappa shape index (κ3) is 4.21. The Morgan fingerprint density at radius 1 is 1.30 bits per heavy atom. The number of carbonyl (C=O) groups excluding carboxylic acids is 1. The van der Waals surface area contributed by atoms with E-state index in [-0.39, 0.29) is 18.3 Å². The van der Waals surface area contributed by atoms with Crippen LogP contribution in [0.15, 0.2) is 28.7 Å². The summed E-state index contributed by atoms with van der Waals surface area (Å²) in [4.78, 5) is 14.4. The zero-order chi connectivity index (χ0) is 14.5. The van der Waals surface area contributed by atoms with E-state index in [9.17, 15) is 4.79 Å². The summed E-state index contributed by atoms with van der Waals surface area (Å²) in [7, 11) is 1.84. The van der Waals surface area contributed by atoms with Gasteiger partial charge < -0.3 is 10.6 Å². The monoisotopic (exact) mass is 362 g/mol. The number of rotatable bonds is 6. The molecule has 20 heavy (non-hydrogen) atoms. The number of carbonyl (C=O) groups is 1. The molecular formula is C15H24BrClN2O. The molecule has 5 heteroatoms. The summed E-state index contributed by atoms with van der Waals surface area (Å²) >= 11 is 3.51. The molecule has 1 rings (SSSR count). The first-order valence-electron chi connectivity index (χ1n) is 6.69. The lowest BCUT2D eigenvalue weighted by Crippen LogP contribution is -2.45. The van der Waals surface area contributed by atoms with Gasteiger partial charge in [-0.25, -0.2) is 0 Å². The minimum Gasteiger partial charge on any atom is -0.341 e. The minimum atomic E-state index is -0.421. The van der Waals surface area contributed by atoms with Crippen molar-refractivity contribution in [1.29, 1.82) is 0 Å². The van der Waals surface area contributed by atoms with Gasteiger partial charge in [-0.05, 0) is 24.5 Å². The van der Waals surface area contributed by atoms with Gasteiger partial charge in [0.2, 0.25) is 5.91 Å². The molecule has 0 aromatic heterocycles. The normalized spacial score (nSPS) is 10.8. The fraction of sp³-hybridized carbons (Fsp3) is 0.533. The highest BCUT2D eigenvalue weighted by molar-refractivity contribution is 9.10. The van der Waals surface area contributed by atoms with Gasteiger partial charge in [0.05, 0.1) is 5.41 Å². The molecule has 0 bridgehead atoms. The molecule has 0 aliphatic carbocycles. The van der Waals surface area contributed by atoms with Gasteiger partial charge in [-0.3, -0.25) is 4.79 Å². The van der Waals surface area contributed by atoms with Gasteiger partial charge in [-0.1, -0.05) is 48.0 Å². The van der Waals surface area contributed by atoms with Crippen molar-refractivity contribution in [2.24, 2.45) is 11.1 Å². The Balaban J connectivity index is 0.00000361. The zero-order valence-corrected chi connectivity index (χ0v) is 14.8. The summed E-state index contributed by atoms with van der Waals surface area (Å²) in [5.74, 6) is 0.135. The summed E-state index contributed by atoms with van der Waals surface area (Å²) < 4.78 is 1.03. The molecule has 0 aliphatic heterocycles. The molecule has 2 N–H and O–H groups in total. The number of nitrogens with two attached hydrogens (primary N) is 1. The molecule has 0 fully saturated rings. The van der Waals surface area contributed by atoms with Crippen LogP contribution in [0.1, 0.15) is 32.3 Å². The zero-order valence-electron chi connectivity index (χ0n) is 12.4. The van der Waals surface area contributed by atoms with Crippen LogP contribution < -0.4 is 5.73 Å². The largest absolute Gasteiger partial charge is 0.341 e. The van der Waals surface area contributed by atoms with Gasteiger partial charge in [0.1, 0.15) is 0 Å². The fourth-order valence-electron chi connectivity index (χ4n) is 2.29. The van der Waals surface area contributed by atoms with Crippen LogP contribution in [0.2, 0.25) is 0 Å². The molecule has 0 spiro atoms. The topological polar surface area (TPSA) is 46.3 Å². The van der Waals surface area contributed by atoms with Crippen LogP contribution in [0.4, 0.5) is 0 Å². The maximum absolute atomic E-state index is 12.6. The van der Waals surface area contributed by atoms with E-state index in [2.05, 4.69) is 15.9 Å². The quantitative estimate of drug-likeness (QED) is 0.839. The molecule has 0 radical (unpaired) electrons. The summed E-state index contributed by atoms with van der Waals surface area (Å²) in [6, 6.07) is 7.96. The van der Waals surface area contributed by atoms with E-state index >= 15 is 0 Å². The van der Waals surface area contributed by atoms with Gasteiger partial charge in [0.25, 0.3) is 0 Å². The highest BCUT2D eigenvalue weighted by Gasteiger charge is 2.35. The van der Waals surface area contributed by atoms with Crippen LogP contribution >= 0.6 is 28.3 Å². The van der Waals surface area contributed by atoms with Crippen LogP contribution in [-0.2, 0) is 11.3 Å². The summed E-state index contributed by atoms with van der Waals surface area (Å²) in [6.07, 6.45) is 1.55. The smallest absolute Gasteiger partial charge is 0.230 e. The van der Waals surface area contributed by atoms with E-state index in [0.29, 0.717) is 13.1 Å². The molecule has 0 saturated carbocycles. The second-order valence-corrected chi connectivity index (χ2v) is 5.80. The average Bonchev–Trinajstić information content (AvgIpc) is 2.43. The second kappa shape index (κ2) is 8.65. The molecule has 1 aromatic carbocycles. The van der Waals surface area contributed by atoms with E-state index < -0.39 is 5.41 Å². The Labute approximate surface area is 136 Å². The molecule has 0 unspecified atom stereocenters. The number of hydrogen-bond donors (Lipinski definition) is 1. The van der Waals surface area contributed by atoms with Crippen molar-refractivity contribution < 1.29 is 4.79 Å². The molecule has 0 saturated heterocycles. The first-order valence-corrected chi connectivity index (χ1v) is 7.49. The molecular weight excluding hydrogens is 340 g/mol. The molecule has 1 amide bonds. The van der Waals surface area contributed by atoms with Crippen LogP contribution in [0, 0.1) is 5.41 Å². The number of amides is 1. The molecule has 3 nitrogen and oxygen atoms in total. The Hall–Kier alpha value is -0.580. The van der Waals surface area contributed by atoms with E-state index in [1.54, 1.807) is 4.90 Å². The highest BCUT2D eigenvalue weighted by Crippen LogP contribution is 2.28. The van der Waals surface area contributed by atoms with Crippen molar-refractivity contribution >= 4 is 34.2 Å². The van der Waals surface area contributed by atoms with Crippen molar-refractivity contribution in [3.63, 3.8) is 0 Å². The number of hydrogen-bond acceptors (Lipinski definition) is 2. The Kier molecular flexibility index (Phi) is 8.40. The van der Waals surface area contributed by atoms with Gasteiger partial charge in [-0.2, -0.15) is 0 Å². The molecule has 0 heterocycles. The van der Waals surface area contributed by atoms with E-state index in [0.717, 1.165) is 22.9 Å². The standard InChI is InChI=1S/C15H23BrN2O.ClH/c1-4-15(5-2,11-17)14(19)18(3)10-12-8-6-7-9-13(12)16;/h6-9H,4-5,10-11,17H2,1-3H3;1H. The number of nitrogens with zero attached hydrogens (tertiary/aromatic N) is 1. The van der Waals surface area contributed by atoms with Gasteiger partial charge >= 0.3 is 0 Å². The summed E-state index contributed by atoms with van der Waals surface area (Å²) in [6.45, 7) is 5.06. The summed E-state index contributed by atoms with van der Waals surface area (Å²) in [5, 5.41) is 0. The van der Waals surface area contributed by atoms with Crippen LogP contribution in [0.5, 0.6) is 0 Å². The van der Waals surface area contributed by atoms with Gasteiger partial charge in [0, 0.05) is 24.6 Å².